The zero-order chi connectivity index (χ0) is 11.7. The predicted molar refractivity (Wildman–Crippen MR) is 72.5 cm³/mol. The van der Waals surface area contributed by atoms with Gasteiger partial charge in [0.05, 0.1) is 0 Å². The van der Waals surface area contributed by atoms with Crippen molar-refractivity contribution in [2.75, 3.05) is 24.5 Å². The van der Waals surface area contributed by atoms with Gasteiger partial charge in [0.2, 0.25) is 0 Å². The Bertz CT molecular complexity index is 371. The molecule has 2 fully saturated rings. The van der Waals surface area contributed by atoms with Gasteiger partial charge in [0.25, 0.3) is 0 Å². The number of piperidine rings is 1. The van der Waals surface area contributed by atoms with Crippen LogP contribution in [0.25, 0.3) is 0 Å². The van der Waals surface area contributed by atoms with Crippen LogP contribution in [-0.4, -0.2) is 25.7 Å². The highest BCUT2D eigenvalue weighted by atomic mass is 15.2. The van der Waals surface area contributed by atoms with Crippen molar-refractivity contribution in [1.29, 1.82) is 0 Å². The first-order valence-electron chi connectivity index (χ1n) is 6.94. The van der Waals surface area contributed by atoms with E-state index in [1.807, 2.05) is 0 Å². The summed E-state index contributed by atoms with van der Waals surface area (Å²) in [5.74, 6) is 0.932. The molecule has 2 unspecified atom stereocenters. The fourth-order valence-electron chi connectivity index (χ4n) is 3.21. The third kappa shape index (κ3) is 2.19. The number of rotatable bonds is 2. The van der Waals surface area contributed by atoms with Crippen molar-refractivity contribution in [3.05, 3.63) is 29.8 Å². The molecular weight excluding hydrogens is 208 g/mol. The summed E-state index contributed by atoms with van der Waals surface area (Å²) in [4.78, 5) is 2.54. The fraction of sp³-hybridized carbons (Fsp3) is 0.600. The van der Waals surface area contributed by atoms with E-state index < -0.39 is 0 Å². The van der Waals surface area contributed by atoms with Crippen LogP contribution in [0.4, 0.5) is 5.69 Å². The molecule has 2 atom stereocenters. The second kappa shape index (κ2) is 4.69. The lowest BCUT2D eigenvalue weighted by atomic mass is 9.92. The van der Waals surface area contributed by atoms with Crippen LogP contribution in [0.1, 0.15) is 25.3 Å². The van der Waals surface area contributed by atoms with Crippen LogP contribution in [0, 0.1) is 5.92 Å². The number of hydrogen-bond acceptors (Lipinski definition) is 2. The van der Waals surface area contributed by atoms with E-state index in [4.69, 9.17) is 0 Å². The molecule has 2 aliphatic rings. The fourth-order valence-corrected chi connectivity index (χ4v) is 3.21. The molecule has 92 valence electrons. The number of hydrogen-bond donors (Lipinski definition) is 1. The lowest BCUT2D eigenvalue weighted by molar-refractivity contribution is 0.374. The molecule has 1 aromatic rings. The van der Waals surface area contributed by atoms with Gasteiger partial charge in [-0.3, -0.25) is 0 Å². The maximum Gasteiger partial charge on any atom is 0.0366 e. The zero-order valence-electron chi connectivity index (χ0n) is 10.7. The van der Waals surface area contributed by atoms with Gasteiger partial charge in [0, 0.05) is 24.8 Å². The molecule has 3 rings (SSSR count). The summed E-state index contributed by atoms with van der Waals surface area (Å²) >= 11 is 0. The Labute approximate surface area is 104 Å². The van der Waals surface area contributed by atoms with Crippen LogP contribution >= 0.6 is 0 Å². The highest BCUT2D eigenvalue weighted by Crippen LogP contribution is 2.28. The van der Waals surface area contributed by atoms with Crippen molar-refractivity contribution in [3.63, 3.8) is 0 Å². The molecule has 1 N–H and O–H groups in total. The minimum absolute atomic E-state index is 0.731. The molecule has 0 radical (unpaired) electrons. The molecule has 0 aliphatic carbocycles. The van der Waals surface area contributed by atoms with Gasteiger partial charge in [0.1, 0.15) is 0 Å². The normalized spacial score (nSPS) is 28.2. The lowest BCUT2D eigenvalue weighted by Gasteiger charge is -2.36. The Morgan fingerprint density at radius 2 is 2.06 bits per heavy atom. The van der Waals surface area contributed by atoms with E-state index in [1.165, 1.54) is 43.7 Å². The third-order valence-corrected chi connectivity index (χ3v) is 4.39. The van der Waals surface area contributed by atoms with Crippen LogP contribution in [0.2, 0.25) is 0 Å². The smallest absolute Gasteiger partial charge is 0.0366 e. The van der Waals surface area contributed by atoms with Crippen molar-refractivity contribution >= 4 is 5.69 Å². The van der Waals surface area contributed by atoms with E-state index >= 15 is 0 Å². The van der Waals surface area contributed by atoms with Gasteiger partial charge in [-0.1, -0.05) is 19.1 Å². The third-order valence-electron chi connectivity index (χ3n) is 4.39. The monoisotopic (exact) mass is 230 g/mol. The van der Waals surface area contributed by atoms with E-state index in [9.17, 15) is 0 Å². The number of nitrogens with zero attached hydrogens (tertiary/aromatic N) is 1. The van der Waals surface area contributed by atoms with Crippen molar-refractivity contribution in [1.82, 2.24) is 5.32 Å². The standard InChI is InChI=1S/C15H22N2/c1-2-12-3-5-14(6-4-12)17-10-8-13-7-9-16-15(13)11-17/h3-6,13,15-16H,2,7-11H2,1H3. The maximum absolute atomic E-state index is 3.64. The first-order valence-corrected chi connectivity index (χ1v) is 6.94. The van der Waals surface area contributed by atoms with Crippen LogP contribution < -0.4 is 10.2 Å². The van der Waals surface area contributed by atoms with Gasteiger partial charge in [-0.25, -0.2) is 0 Å². The second-order valence-electron chi connectivity index (χ2n) is 5.36. The SMILES string of the molecule is CCc1ccc(N2CCC3CCNC3C2)cc1. The van der Waals surface area contributed by atoms with Crippen molar-refractivity contribution < 1.29 is 0 Å². The Kier molecular flexibility index (Phi) is 3.06. The first-order chi connectivity index (χ1) is 8.36. The van der Waals surface area contributed by atoms with Crippen LogP contribution in [-0.2, 0) is 6.42 Å². The Balaban J connectivity index is 1.71. The molecule has 1 aromatic carbocycles. The average molecular weight is 230 g/mol. The largest absolute Gasteiger partial charge is 0.370 e. The van der Waals surface area contributed by atoms with Gasteiger partial charge in [-0.2, -0.15) is 0 Å². The average Bonchev–Trinajstić information content (AvgIpc) is 2.86. The lowest BCUT2D eigenvalue weighted by Crippen LogP contribution is -2.46. The summed E-state index contributed by atoms with van der Waals surface area (Å²) in [7, 11) is 0. The van der Waals surface area contributed by atoms with E-state index in [0.29, 0.717) is 0 Å². The minimum atomic E-state index is 0.731. The molecule has 0 aromatic heterocycles. The predicted octanol–water partition coefficient (Wildman–Crippen LogP) is 2.44. The van der Waals surface area contributed by atoms with Gasteiger partial charge >= 0.3 is 0 Å². The molecule has 17 heavy (non-hydrogen) atoms. The van der Waals surface area contributed by atoms with Crippen molar-refractivity contribution in [3.8, 4) is 0 Å². The van der Waals surface area contributed by atoms with Crippen molar-refractivity contribution in [2.45, 2.75) is 32.2 Å². The topological polar surface area (TPSA) is 15.3 Å². The highest BCUT2D eigenvalue weighted by Gasteiger charge is 2.32. The van der Waals surface area contributed by atoms with Gasteiger partial charge in [0.15, 0.2) is 0 Å². The molecule has 2 nitrogen and oxygen atoms in total. The van der Waals surface area contributed by atoms with E-state index in [2.05, 4.69) is 41.4 Å². The van der Waals surface area contributed by atoms with Gasteiger partial charge in [-0.05, 0) is 49.4 Å². The summed E-state index contributed by atoms with van der Waals surface area (Å²) in [6, 6.07) is 9.84. The van der Waals surface area contributed by atoms with E-state index in [1.54, 1.807) is 0 Å². The maximum atomic E-state index is 3.64. The van der Waals surface area contributed by atoms with E-state index in [-0.39, 0.29) is 0 Å². The molecule has 2 aliphatic heterocycles. The number of benzene rings is 1. The van der Waals surface area contributed by atoms with Crippen LogP contribution in [0.15, 0.2) is 24.3 Å². The number of aryl methyl sites for hydroxylation is 1. The Hall–Kier alpha value is -1.02. The summed E-state index contributed by atoms with van der Waals surface area (Å²) in [6.45, 7) is 5.85. The molecule has 2 heterocycles. The summed E-state index contributed by atoms with van der Waals surface area (Å²) in [5.41, 5.74) is 2.83. The van der Waals surface area contributed by atoms with Crippen LogP contribution in [0.5, 0.6) is 0 Å². The summed E-state index contributed by atoms with van der Waals surface area (Å²) in [6.07, 6.45) is 3.87. The molecular formula is C15H22N2. The van der Waals surface area contributed by atoms with E-state index in [0.717, 1.165) is 18.4 Å². The quantitative estimate of drug-likeness (QED) is 0.839. The number of anilines is 1. The minimum Gasteiger partial charge on any atom is -0.370 e. The molecule has 0 amide bonds. The molecule has 2 heteroatoms. The van der Waals surface area contributed by atoms with Gasteiger partial charge < -0.3 is 10.2 Å². The van der Waals surface area contributed by atoms with Gasteiger partial charge in [-0.15, -0.1) is 0 Å². The summed E-state index contributed by atoms with van der Waals surface area (Å²) in [5, 5.41) is 3.64. The zero-order valence-corrected chi connectivity index (χ0v) is 10.7. The molecule has 0 bridgehead atoms. The van der Waals surface area contributed by atoms with Crippen molar-refractivity contribution in [2.24, 2.45) is 5.92 Å². The van der Waals surface area contributed by atoms with Crippen LogP contribution in [0.3, 0.4) is 0 Å². The molecule has 2 saturated heterocycles. The Morgan fingerprint density at radius 3 is 2.82 bits per heavy atom. The summed E-state index contributed by atoms with van der Waals surface area (Å²) < 4.78 is 0. The number of nitrogens with one attached hydrogen (secondary N) is 1. The first kappa shape index (κ1) is 11.1. The Morgan fingerprint density at radius 1 is 1.24 bits per heavy atom. The second-order valence-corrected chi connectivity index (χ2v) is 5.36. The molecule has 0 spiro atoms. The number of fused-ring (bicyclic) bond motifs is 1. The molecule has 0 saturated carbocycles. The highest BCUT2D eigenvalue weighted by molar-refractivity contribution is 5.48.